The number of carbonyl (C=O) groups is 1. The first-order valence-electron chi connectivity index (χ1n) is 12.2. The fourth-order valence-corrected chi connectivity index (χ4v) is 5.37. The van der Waals surface area contributed by atoms with E-state index in [0.717, 1.165) is 50.8 Å². The van der Waals surface area contributed by atoms with Crippen LogP contribution in [0.4, 0.5) is 21.7 Å². The van der Waals surface area contributed by atoms with Gasteiger partial charge in [0, 0.05) is 24.3 Å². The van der Waals surface area contributed by atoms with Crippen LogP contribution in [0.25, 0.3) is 0 Å². The van der Waals surface area contributed by atoms with Crippen LogP contribution in [0.1, 0.15) is 45.4 Å². The van der Waals surface area contributed by atoms with Crippen molar-refractivity contribution in [1.29, 1.82) is 0 Å². The number of aromatic nitrogens is 2. The first-order valence-corrected chi connectivity index (χ1v) is 12.2. The molecule has 3 heterocycles. The largest absolute Gasteiger partial charge is 0.475 e. The fraction of sp³-hybridized carbons (Fsp3) is 0.560. The molecule has 1 amide bonds. The number of nitrogens with zero attached hydrogens (tertiary/aromatic N) is 3. The minimum atomic E-state index is -0.573. The molecule has 5 rings (SSSR count). The van der Waals surface area contributed by atoms with Crippen LogP contribution in [0, 0.1) is 11.7 Å². The number of fused-ring (bicyclic) bond motifs is 2. The molecule has 3 aliphatic rings. The van der Waals surface area contributed by atoms with Crippen LogP contribution >= 0.6 is 0 Å². The Balaban J connectivity index is 1.16. The Labute approximate surface area is 199 Å². The van der Waals surface area contributed by atoms with Crippen LogP contribution in [-0.4, -0.2) is 53.8 Å². The third-order valence-electron chi connectivity index (χ3n) is 7.08. The fourth-order valence-electron chi connectivity index (χ4n) is 5.37. The van der Waals surface area contributed by atoms with Crippen molar-refractivity contribution in [3.8, 4) is 5.88 Å². The van der Waals surface area contributed by atoms with Gasteiger partial charge in [-0.2, -0.15) is 9.37 Å². The van der Waals surface area contributed by atoms with Gasteiger partial charge in [0.05, 0.1) is 38.1 Å². The number of rotatable bonds is 7. The van der Waals surface area contributed by atoms with Crippen molar-refractivity contribution in [2.45, 2.75) is 63.6 Å². The van der Waals surface area contributed by atoms with Crippen molar-refractivity contribution in [2.75, 3.05) is 30.0 Å². The third-order valence-corrected chi connectivity index (χ3v) is 7.08. The number of nitrogens with one attached hydrogen (secondary N) is 2. The Hall–Kier alpha value is -2.94. The molecule has 2 aromatic rings. The minimum absolute atomic E-state index is 0.00521. The lowest BCUT2D eigenvalue weighted by Crippen LogP contribution is -2.45. The minimum Gasteiger partial charge on any atom is -0.475 e. The molecule has 1 aliphatic carbocycles. The Morgan fingerprint density at radius 3 is 2.50 bits per heavy atom. The predicted octanol–water partition coefficient (Wildman–Crippen LogP) is 3.80. The van der Waals surface area contributed by atoms with Crippen LogP contribution in [0.15, 0.2) is 30.5 Å². The zero-order valence-electron chi connectivity index (χ0n) is 19.5. The second-order valence-corrected chi connectivity index (χ2v) is 9.58. The van der Waals surface area contributed by atoms with Crippen molar-refractivity contribution in [1.82, 2.24) is 15.3 Å². The average molecular weight is 470 g/mol. The summed E-state index contributed by atoms with van der Waals surface area (Å²) in [6, 6.07) is 9.31. The summed E-state index contributed by atoms with van der Waals surface area (Å²) >= 11 is 0. The normalized spacial score (nSPS) is 26.2. The maximum atomic E-state index is 14.3. The van der Waals surface area contributed by atoms with Gasteiger partial charge in [0.2, 0.25) is 17.7 Å². The number of halogens is 1. The Morgan fingerprint density at radius 2 is 1.82 bits per heavy atom. The van der Waals surface area contributed by atoms with Crippen molar-refractivity contribution in [3.63, 3.8) is 0 Å². The van der Waals surface area contributed by atoms with E-state index >= 15 is 0 Å². The number of benzene rings is 1. The van der Waals surface area contributed by atoms with Crippen molar-refractivity contribution < 1.29 is 18.7 Å². The number of hydrogen-bond donors (Lipinski definition) is 2. The highest BCUT2D eigenvalue weighted by Crippen LogP contribution is 2.34. The molecule has 34 heavy (non-hydrogen) atoms. The highest BCUT2D eigenvalue weighted by Gasteiger charge is 2.37. The molecule has 2 bridgehead atoms. The Kier molecular flexibility index (Phi) is 6.80. The van der Waals surface area contributed by atoms with E-state index in [-0.39, 0.29) is 17.8 Å². The number of ether oxygens (including phenoxy) is 2. The van der Waals surface area contributed by atoms with E-state index in [0.29, 0.717) is 30.6 Å². The van der Waals surface area contributed by atoms with Gasteiger partial charge in [-0.15, -0.1) is 0 Å². The van der Waals surface area contributed by atoms with Gasteiger partial charge in [0.1, 0.15) is 0 Å². The molecule has 0 radical (unpaired) electrons. The second kappa shape index (κ2) is 10.1. The molecule has 2 aliphatic heterocycles. The Bertz CT molecular complexity index is 981. The zero-order valence-corrected chi connectivity index (χ0v) is 19.5. The van der Waals surface area contributed by atoms with E-state index < -0.39 is 5.82 Å². The molecule has 2 N–H and O–H groups in total. The van der Waals surface area contributed by atoms with Crippen molar-refractivity contribution in [3.05, 3.63) is 36.3 Å². The SMILES string of the molecule is CC(=O)N[C@H]1CC[C@H](COc2nc(Nc3ccc(N4C5CCC4COC5)cc3)ncc2F)CC1. The van der Waals surface area contributed by atoms with Crippen LogP contribution < -0.4 is 20.3 Å². The summed E-state index contributed by atoms with van der Waals surface area (Å²) in [6.07, 6.45) is 7.17. The molecule has 8 nitrogen and oxygen atoms in total. The van der Waals surface area contributed by atoms with Crippen LogP contribution in [-0.2, 0) is 9.53 Å². The lowest BCUT2D eigenvalue weighted by Gasteiger charge is -2.36. The van der Waals surface area contributed by atoms with Crippen LogP contribution in [0.5, 0.6) is 5.88 Å². The van der Waals surface area contributed by atoms with Gasteiger partial charge < -0.3 is 25.0 Å². The maximum absolute atomic E-state index is 14.3. The lowest BCUT2D eigenvalue weighted by molar-refractivity contribution is -0.119. The summed E-state index contributed by atoms with van der Waals surface area (Å²) in [5.74, 6) is 0.00742. The van der Waals surface area contributed by atoms with E-state index in [1.807, 2.05) is 12.1 Å². The van der Waals surface area contributed by atoms with E-state index in [2.05, 4.69) is 37.6 Å². The second-order valence-electron chi connectivity index (χ2n) is 9.58. The van der Waals surface area contributed by atoms with Crippen molar-refractivity contribution in [2.24, 2.45) is 5.92 Å². The molecule has 1 aromatic carbocycles. The molecule has 1 aromatic heterocycles. The van der Waals surface area contributed by atoms with Gasteiger partial charge in [0.25, 0.3) is 5.88 Å². The van der Waals surface area contributed by atoms with Gasteiger partial charge in [0.15, 0.2) is 0 Å². The molecule has 2 saturated heterocycles. The first-order chi connectivity index (χ1) is 16.5. The van der Waals surface area contributed by atoms with E-state index in [9.17, 15) is 9.18 Å². The summed E-state index contributed by atoms with van der Waals surface area (Å²) in [7, 11) is 0. The van der Waals surface area contributed by atoms with Gasteiger partial charge in [-0.25, -0.2) is 4.98 Å². The smallest absolute Gasteiger partial charge is 0.255 e. The van der Waals surface area contributed by atoms with Gasteiger partial charge in [-0.05, 0) is 68.7 Å². The average Bonchev–Trinajstić information content (AvgIpc) is 3.08. The number of amides is 1. The highest BCUT2D eigenvalue weighted by atomic mass is 19.1. The molecule has 9 heteroatoms. The molecule has 2 atom stereocenters. The van der Waals surface area contributed by atoms with E-state index in [1.165, 1.54) is 18.5 Å². The quantitative estimate of drug-likeness (QED) is 0.638. The molecular weight excluding hydrogens is 437 g/mol. The number of morpholine rings is 1. The standard InChI is InChI=1S/C25H32FN5O3/c1-16(32)28-18-4-2-17(3-5-18)13-34-24-23(26)12-27-25(30-24)29-19-6-8-20(9-7-19)31-21-10-11-22(31)15-33-14-21/h6-9,12,17-18,21-22H,2-5,10-11,13-15H2,1H3,(H,28,32)(H,27,29,30)/t17-,18-,21?,22?. The number of carbonyl (C=O) groups excluding carboxylic acids is 1. The summed E-state index contributed by atoms with van der Waals surface area (Å²) in [6.45, 7) is 3.52. The zero-order chi connectivity index (χ0) is 23.5. The topological polar surface area (TPSA) is 88.6 Å². The lowest BCUT2D eigenvalue weighted by atomic mass is 9.86. The molecule has 1 saturated carbocycles. The summed E-state index contributed by atoms with van der Waals surface area (Å²) < 4.78 is 25.7. The molecule has 3 fully saturated rings. The van der Waals surface area contributed by atoms with Gasteiger partial charge in [-0.3, -0.25) is 4.79 Å². The maximum Gasteiger partial charge on any atom is 0.255 e. The van der Waals surface area contributed by atoms with E-state index in [1.54, 1.807) is 6.92 Å². The first kappa shape index (κ1) is 22.8. The summed E-state index contributed by atoms with van der Waals surface area (Å²) in [5, 5.41) is 6.12. The van der Waals surface area contributed by atoms with Crippen LogP contribution in [0.3, 0.4) is 0 Å². The molecule has 182 valence electrons. The summed E-state index contributed by atoms with van der Waals surface area (Å²) in [4.78, 5) is 22.0. The molecule has 2 unspecified atom stereocenters. The Morgan fingerprint density at radius 1 is 1.12 bits per heavy atom. The van der Waals surface area contributed by atoms with E-state index in [4.69, 9.17) is 9.47 Å². The summed E-state index contributed by atoms with van der Waals surface area (Å²) in [5.41, 5.74) is 2.02. The predicted molar refractivity (Wildman–Crippen MR) is 127 cm³/mol. The number of anilines is 3. The molecule has 0 spiro atoms. The van der Waals surface area contributed by atoms with Gasteiger partial charge in [-0.1, -0.05) is 0 Å². The van der Waals surface area contributed by atoms with Crippen LogP contribution in [0.2, 0.25) is 0 Å². The molecular formula is C25H32FN5O3. The monoisotopic (exact) mass is 469 g/mol. The number of hydrogen-bond acceptors (Lipinski definition) is 7. The van der Waals surface area contributed by atoms with Gasteiger partial charge >= 0.3 is 0 Å². The highest BCUT2D eigenvalue weighted by molar-refractivity contribution is 5.73. The third kappa shape index (κ3) is 5.24. The van der Waals surface area contributed by atoms with Crippen molar-refractivity contribution >= 4 is 23.2 Å².